The Bertz CT molecular complexity index is 314. The minimum atomic E-state index is 0.640. The van der Waals surface area contributed by atoms with E-state index >= 15 is 0 Å². The molecule has 0 aliphatic carbocycles. The molecule has 1 radical (unpaired) electrons. The summed E-state index contributed by atoms with van der Waals surface area (Å²) in [6, 6.07) is 9.83. The first kappa shape index (κ1) is 6.91. The summed E-state index contributed by atoms with van der Waals surface area (Å²) in [6.45, 7) is 0. The average molecular weight is 158 g/mol. The summed E-state index contributed by atoms with van der Waals surface area (Å²) in [5.41, 5.74) is 1.00. The van der Waals surface area contributed by atoms with Crippen molar-refractivity contribution in [1.29, 1.82) is 0 Å². The van der Waals surface area contributed by atoms with Gasteiger partial charge < -0.3 is 5.32 Å². The van der Waals surface area contributed by atoms with Gasteiger partial charge >= 0.3 is 0 Å². The van der Waals surface area contributed by atoms with Crippen molar-refractivity contribution >= 4 is 11.6 Å². The fourth-order valence-electron chi connectivity index (χ4n) is 0.956. The smallest absolute Gasteiger partial charge is 0.227 e. The standard InChI is InChI=1S/C9H8N3/c1-2-4-8(5-3-1)12-9-10-6-7-11-9/h1-7H,(H,10,12). The topological polar surface area (TPSA) is 38.5 Å². The van der Waals surface area contributed by atoms with E-state index in [1.54, 1.807) is 12.4 Å². The van der Waals surface area contributed by atoms with E-state index in [2.05, 4.69) is 15.6 Å². The van der Waals surface area contributed by atoms with Crippen LogP contribution in [0.2, 0.25) is 0 Å². The molecule has 3 heteroatoms. The highest BCUT2D eigenvalue weighted by molar-refractivity contribution is 5.95. The number of benzene rings is 1. The van der Waals surface area contributed by atoms with Gasteiger partial charge in [0.15, 0.2) is 0 Å². The number of nitrogens with one attached hydrogen (secondary N) is 1. The quantitative estimate of drug-likeness (QED) is 0.661. The maximum Gasteiger partial charge on any atom is 0.227 e. The van der Waals surface area contributed by atoms with Crippen LogP contribution in [-0.4, -0.2) is 5.96 Å². The molecule has 0 unspecified atom stereocenters. The fraction of sp³-hybridized carbons (Fsp3) is 0. The van der Waals surface area contributed by atoms with E-state index in [1.165, 1.54) is 0 Å². The summed E-state index contributed by atoms with van der Waals surface area (Å²) in [5.74, 6) is 0.640. The van der Waals surface area contributed by atoms with Gasteiger partial charge in [-0.05, 0) is 12.1 Å². The monoisotopic (exact) mass is 158 g/mol. The van der Waals surface area contributed by atoms with Gasteiger partial charge in [0, 0.05) is 18.1 Å². The third kappa shape index (κ3) is 1.45. The fourth-order valence-corrected chi connectivity index (χ4v) is 0.956. The third-order valence-corrected chi connectivity index (χ3v) is 1.49. The van der Waals surface area contributed by atoms with Crippen molar-refractivity contribution in [2.75, 3.05) is 5.32 Å². The van der Waals surface area contributed by atoms with Crippen LogP contribution >= 0.6 is 0 Å². The molecule has 0 bridgehead atoms. The van der Waals surface area contributed by atoms with Gasteiger partial charge in [0.2, 0.25) is 5.96 Å². The lowest BCUT2D eigenvalue weighted by atomic mass is 10.3. The van der Waals surface area contributed by atoms with Crippen LogP contribution < -0.4 is 10.6 Å². The number of anilines is 1. The van der Waals surface area contributed by atoms with Gasteiger partial charge in [-0.2, -0.15) is 0 Å². The Morgan fingerprint density at radius 3 is 2.50 bits per heavy atom. The molecule has 0 amide bonds. The Morgan fingerprint density at radius 2 is 1.83 bits per heavy atom. The van der Waals surface area contributed by atoms with Gasteiger partial charge in [-0.1, -0.05) is 18.2 Å². The molecule has 0 fully saturated rings. The SMILES string of the molecule is C1=CN=C(Nc2ccccc2)[N]1. The van der Waals surface area contributed by atoms with Crippen molar-refractivity contribution in [3.63, 3.8) is 0 Å². The molecule has 2 rings (SSSR count). The summed E-state index contributed by atoms with van der Waals surface area (Å²) in [6.07, 6.45) is 3.32. The van der Waals surface area contributed by atoms with Gasteiger partial charge in [0.05, 0.1) is 0 Å². The molecule has 1 aromatic carbocycles. The molecule has 1 aliphatic rings. The zero-order valence-electron chi connectivity index (χ0n) is 6.44. The first-order chi connectivity index (χ1) is 5.95. The normalized spacial score (nSPS) is 13.8. The second kappa shape index (κ2) is 3.09. The van der Waals surface area contributed by atoms with E-state index in [1.807, 2.05) is 30.3 Å². The minimum Gasteiger partial charge on any atom is -0.324 e. The zero-order chi connectivity index (χ0) is 8.23. The molecule has 0 atom stereocenters. The van der Waals surface area contributed by atoms with Crippen molar-refractivity contribution in [3.05, 3.63) is 42.7 Å². The van der Waals surface area contributed by atoms with Crippen molar-refractivity contribution in [2.24, 2.45) is 4.99 Å². The zero-order valence-corrected chi connectivity index (χ0v) is 6.44. The van der Waals surface area contributed by atoms with Gasteiger partial charge in [-0.3, -0.25) is 0 Å². The van der Waals surface area contributed by atoms with Crippen LogP contribution in [0, 0.1) is 0 Å². The van der Waals surface area contributed by atoms with E-state index in [4.69, 9.17) is 0 Å². The Morgan fingerprint density at radius 1 is 1.00 bits per heavy atom. The molecular formula is C9H8N3. The van der Waals surface area contributed by atoms with E-state index in [0.717, 1.165) is 5.69 Å². The van der Waals surface area contributed by atoms with Crippen molar-refractivity contribution in [2.45, 2.75) is 0 Å². The van der Waals surface area contributed by atoms with Gasteiger partial charge in [-0.15, -0.1) is 0 Å². The highest BCUT2D eigenvalue weighted by Gasteiger charge is 2.00. The Kier molecular flexibility index (Phi) is 1.78. The molecule has 1 aromatic rings. The molecule has 3 nitrogen and oxygen atoms in total. The summed E-state index contributed by atoms with van der Waals surface area (Å²) in [7, 11) is 0. The lowest BCUT2D eigenvalue weighted by Crippen LogP contribution is -2.17. The maximum atomic E-state index is 3.99. The van der Waals surface area contributed by atoms with E-state index in [9.17, 15) is 0 Å². The van der Waals surface area contributed by atoms with Crippen LogP contribution in [-0.2, 0) is 0 Å². The highest BCUT2D eigenvalue weighted by Crippen LogP contribution is 2.05. The van der Waals surface area contributed by atoms with Crippen LogP contribution in [0.1, 0.15) is 0 Å². The summed E-state index contributed by atoms with van der Waals surface area (Å²) in [4.78, 5) is 3.99. The average Bonchev–Trinajstić information content (AvgIpc) is 2.59. The van der Waals surface area contributed by atoms with Crippen LogP contribution in [0.5, 0.6) is 0 Å². The molecular weight excluding hydrogens is 150 g/mol. The summed E-state index contributed by atoms with van der Waals surface area (Å²) < 4.78 is 0. The highest BCUT2D eigenvalue weighted by atomic mass is 15.2. The van der Waals surface area contributed by atoms with Crippen molar-refractivity contribution < 1.29 is 0 Å². The molecule has 1 heterocycles. The van der Waals surface area contributed by atoms with Crippen LogP contribution in [0.4, 0.5) is 5.69 Å². The first-order valence-corrected chi connectivity index (χ1v) is 3.71. The Balaban J connectivity index is 2.05. The largest absolute Gasteiger partial charge is 0.324 e. The van der Waals surface area contributed by atoms with E-state index in [0.29, 0.717) is 5.96 Å². The lowest BCUT2D eigenvalue weighted by molar-refractivity contribution is 1.28. The second-order valence-corrected chi connectivity index (χ2v) is 2.37. The first-order valence-electron chi connectivity index (χ1n) is 3.71. The number of aliphatic imine (C=N–C) groups is 1. The van der Waals surface area contributed by atoms with E-state index in [-0.39, 0.29) is 0 Å². The van der Waals surface area contributed by atoms with Gasteiger partial charge in [-0.25, -0.2) is 10.3 Å². The maximum absolute atomic E-state index is 3.99. The number of nitrogens with zero attached hydrogens (tertiary/aromatic N) is 2. The van der Waals surface area contributed by atoms with Gasteiger partial charge in [0.1, 0.15) is 0 Å². The van der Waals surface area contributed by atoms with Crippen LogP contribution in [0.3, 0.4) is 0 Å². The summed E-state index contributed by atoms with van der Waals surface area (Å²) >= 11 is 0. The van der Waals surface area contributed by atoms with Crippen molar-refractivity contribution in [3.8, 4) is 0 Å². The number of guanidine groups is 1. The van der Waals surface area contributed by atoms with Crippen LogP contribution in [0.15, 0.2) is 47.7 Å². The van der Waals surface area contributed by atoms with Crippen LogP contribution in [0.25, 0.3) is 0 Å². The molecule has 0 aromatic heterocycles. The lowest BCUT2D eigenvalue weighted by Gasteiger charge is -2.02. The third-order valence-electron chi connectivity index (χ3n) is 1.49. The number of para-hydroxylation sites is 1. The van der Waals surface area contributed by atoms with E-state index < -0.39 is 0 Å². The predicted octanol–water partition coefficient (Wildman–Crippen LogP) is 1.54. The molecule has 0 saturated carbocycles. The Labute approximate surface area is 70.8 Å². The summed E-state index contributed by atoms with van der Waals surface area (Å²) in [5, 5.41) is 7.05. The molecule has 12 heavy (non-hydrogen) atoms. The minimum absolute atomic E-state index is 0.640. The molecule has 1 aliphatic heterocycles. The number of rotatable bonds is 1. The predicted molar refractivity (Wildman–Crippen MR) is 48.8 cm³/mol. The molecule has 0 spiro atoms. The molecule has 1 N–H and O–H groups in total. The van der Waals surface area contributed by atoms with Crippen molar-refractivity contribution in [1.82, 2.24) is 5.32 Å². The number of hydrogen-bond donors (Lipinski definition) is 1. The second-order valence-electron chi connectivity index (χ2n) is 2.37. The Hall–Kier alpha value is -1.77. The molecule has 59 valence electrons. The molecule has 0 saturated heterocycles. The number of hydrogen-bond acceptors (Lipinski definition) is 2. The van der Waals surface area contributed by atoms with Gasteiger partial charge in [0.25, 0.3) is 0 Å².